The molecule has 2 bridgehead atoms. The number of benzene rings is 1. The lowest BCUT2D eigenvalue weighted by atomic mass is 9.78. The van der Waals surface area contributed by atoms with Crippen molar-refractivity contribution in [1.82, 2.24) is 9.80 Å². The normalized spacial score (nSPS) is 33.4. The number of hydrogen-bond donors (Lipinski definition) is 0. The van der Waals surface area contributed by atoms with E-state index in [4.69, 9.17) is 4.42 Å². The van der Waals surface area contributed by atoms with Crippen LogP contribution >= 0.6 is 0 Å². The molecule has 0 unspecified atom stereocenters. The first kappa shape index (κ1) is 12.8. The van der Waals surface area contributed by atoms with Crippen molar-refractivity contribution in [2.45, 2.75) is 38.4 Å². The zero-order valence-electron chi connectivity index (χ0n) is 13.0. The summed E-state index contributed by atoms with van der Waals surface area (Å²) in [6.07, 6.45) is 7.16. The topological polar surface area (TPSA) is 19.6 Å². The second-order valence-corrected chi connectivity index (χ2v) is 7.03. The van der Waals surface area contributed by atoms with Crippen molar-refractivity contribution in [2.24, 2.45) is 5.92 Å². The zero-order valence-corrected chi connectivity index (χ0v) is 13.0. The molecular formula is C19H22N2O. The molecule has 4 aliphatic heterocycles. The number of nitrogens with zero attached hydrogens (tertiary/aromatic N) is 2. The SMILES string of the molecule is C[C@@H]1[C@H](N2C=Cc3oc4ccccc4c3C2)C2CCN1CC2. The molecule has 3 fully saturated rings. The molecule has 114 valence electrons. The zero-order chi connectivity index (χ0) is 14.7. The van der Waals surface area contributed by atoms with Gasteiger partial charge in [-0.05, 0) is 50.9 Å². The summed E-state index contributed by atoms with van der Waals surface area (Å²) in [5.41, 5.74) is 2.38. The van der Waals surface area contributed by atoms with Crippen LogP contribution in [-0.4, -0.2) is 35.0 Å². The van der Waals surface area contributed by atoms with Crippen LogP contribution in [0.15, 0.2) is 34.9 Å². The van der Waals surface area contributed by atoms with Crippen LogP contribution in [0.3, 0.4) is 0 Å². The van der Waals surface area contributed by atoms with E-state index in [9.17, 15) is 0 Å². The highest BCUT2D eigenvalue weighted by Crippen LogP contribution is 2.39. The molecule has 3 nitrogen and oxygen atoms in total. The van der Waals surface area contributed by atoms with E-state index in [1.807, 2.05) is 6.07 Å². The van der Waals surface area contributed by atoms with E-state index < -0.39 is 0 Å². The van der Waals surface area contributed by atoms with Crippen LogP contribution in [0.1, 0.15) is 31.1 Å². The third-order valence-electron chi connectivity index (χ3n) is 6.00. The van der Waals surface area contributed by atoms with Crippen molar-refractivity contribution in [3.05, 3.63) is 41.8 Å². The van der Waals surface area contributed by atoms with Crippen molar-refractivity contribution in [3.8, 4) is 0 Å². The first-order valence-corrected chi connectivity index (χ1v) is 8.49. The Bertz CT molecular complexity index is 737. The van der Waals surface area contributed by atoms with Crippen molar-refractivity contribution in [1.29, 1.82) is 0 Å². The van der Waals surface area contributed by atoms with Gasteiger partial charge < -0.3 is 9.32 Å². The Kier molecular flexibility index (Phi) is 2.68. The third kappa shape index (κ3) is 1.72. The van der Waals surface area contributed by atoms with E-state index in [0.717, 1.165) is 23.8 Å². The van der Waals surface area contributed by atoms with E-state index >= 15 is 0 Å². The summed E-state index contributed by atoms with van der Waals surface area (Å²) < 4.78 is 5.99. The molecule has 2 atom stereocenters. The van der Waals surface area contributed by atoms with Crippen LogP contribution in [0.25, 0.3) is 17.0 Å². The molecule has 0 amide bonds. The van der Waals surface area contributed by atoms with Gasteiger partial charge in [0.2, 0.25) is 0 Å². The molecule has 5 heterocycles. The third-order valence-corrected chi connectivity index (χ3v) is 6.00. The second kappa shape index (κ2) is 4.63. The molecule has 0 radical (unpaired) electrons. The molecule has 0 saturated carbocycles. The van der Waals surface area contributed by atoms with E-state index in [2.05, 4.69) is 47.2 Å². The highest BCUT2D eigenvalue weighted by molar-refractivity contribution is 5.85. The van der Waals surface area contributed by atoms with Gasteiger partial charge in [0.1, 0.15) is 11.3 Å². The minimum absolute atomic E-state index is 0.653. The van der Waals surface area contributed by atoms with Crippen molar-refractivity contribution >= 4 is 17.0 Å². The summed E-state index contributed by atoms with van der Waals surface area (Å²) in [7, 11) is 0. The van der Waals surface area contributed by atoms with E-state index in [-0.39, 0.29) is 0 Å². The maximum Gasteiger partial charge on any atom is 0.135 e. The minimum atomic E-state index is 0.653. The average molecular weight is 294 g/mol. The van der Waals surface area contributed by atoms with Crippen LogP contribution in [-0.2, 0) is 6.54 Å². The molecule has 1 aromatic carbocycles. The smallest absolute Gasteiger partial charge is 0.135 e. The van der Waals surface area contributed by atoms with Crippen LogP contribution in [0.4, 0.5) is 0 Å². The van der Waals surface area contributed by atoms with Crippen molar-refractivity contribution < 1.29 is 4.42 Å². The molecule has 0 spiro atoms. The number of para-hydroxylation sites is 1. The van der Waals surface area contributed by atoms with Crippen LogP contribution < -0.4 is 0 Å². The molecule has 0 N–H and O–H groups in total. The van der Waals surface area contributed by atoms with Crippen LogP contribution in [0.2, 0.25) is 0 Å². The molecule has 2 aromatic rings. The Labute approximate surface area is 131 Å². The summed E-state index contributed by atoms with van der Waals surface area (Å²) in [6.45, 7) is 5.98. The molecule has 3 heteroatoms. The number of furan rings is 1. The summed E-state index contributed by atoms with van der Waals surface area (Å²) >= 11 is 0. The predicted molar refractivity (Wildman–Crippen MR) is 88.3 cm³/mol. The fraction of sp³-hybridized carbons (Fsp3) is 0.474. The summed E-state index contributed by atoms with van der Waals surface area (Å²) in [5, 5.41) is 1.28. The highest BCUT2D eigenvalue weighted by atomic mass is 16.3. The highest BCUT2D eigenvalue weighted by Gasteiger charge is 2.42. The summed E-state index contributed by atoms with van der Waals surface area (Å²) in [6, 6.07) is 9.74. The second-order valence-electron chi connectivity index (χ2n) is 7.03. The average Bonchev–Trinajstić information content (AvgIpc) is 2.94. The quantitative estimate of drug-likeness (QED) is 0.799. The molecule has 3 saturated heterocycles. The first-order valence-electron chi connectivity index (χ1n) is 8.49. The van der Waals surface area contributed by atoms with Gasteiger partial charge in [-0.2, -0.15) is 0 Å². The molecule has 0 aliphatic carbocycles. The summed E-state index contributed by atoms with van der Waals surface area (Å²) in [4.78, 5) is 5.24. The molecule has 6 rings (SSSR count). The van der Waals surface area contributed by atoms with Gasteiger partial charge in [0.15, 0.2) is 0 Å². The van der Waals surface area contributed by atoms with Crippen LogP contribution in [0.5, 0.6) is 0 Å². The largest absolute Gasteiger partial charge is 0.456 e. The Balaban J connectivity index is 1.51. The fourth-order valence-corrected chi connectivity index (χ4v) is 4.84. The van der Waals surface area contributed by atoms with Gasteiger partial charge in [-0.15, -0.1) is 0 Å². The van der Waals surface area contributed by atoms with E-state index in [0.29, 0.717) is 12.1 Å². The standard InChI is InChI=1S/C19H22N2O/c1-13-19(14-6-9-20(13)10-7-14)21-11-8-18-16(12-21)15-4-2-3-5-17(15)22-18/h2-5,8,11,13-14,19H,6-7,9-10,12H2,1H3/t13-,19+/m1/s1. The Morgan fingerprint density at radius 1 is 1.14 bits per heavy atom. The number of hydrogen-bond acceptors (Lipinski definition) is 3. The lowest BCUT2D eigenvalue weighted by Crippen LogP contribution is -2.61. The molecule has 4 aliphatic rings. The molecular weight excluding hydrogens is 272 g/mol. The minimum Gasteiger partial charge on any atom is -0.456 e. The maximum atomic E-state index is 5.99. The van der Waals surface area contributed by atoms with Gasteiger partial charge in [0.05, 0.1) is 0 Å². The van der Waals surface area contributed by atoms with E-state index in [1.165, 1.54) is 36.9 Å². The lowest BCUT2D eigenvalue weighted by Gasteiger charge is -2.53. The Hall–Kier alpha value is -1.74. The number of rotatable bonds is 1. The fourth-order valence-electron chi connectivity index (χ4n) is 4.84. The Morgan fingerprint density at radius 3 is 2.77 bits per heavy atom. The van der Waals surface area contributed by atoms with Gasteiger partial charge in [-0.3, -0.25) is 4.90 Å². The molecule has 1 aromatic heterocycles. The Morgan fingerprint density at radius 2 is 1.95 bits per heavy atom. The van der Waals surface area contributed by atoms with Crippen LogP contribution in [0, 0.1) is 5.92 Å². The maximum absolute atomic E-state index is 5.99. The number of fused-ring (bicyclic) bond motifs is 6. The monoisotopic (exact) mass is 294 g/mol. The van der Waals surface area contributed by atoms with Gasteiger partial charge >= 0.3 is 0 Å². The van der Waals surface area contributed by atoms with Gasteiger partial charge in [-0.25, -0.2) is 0 Å². The number of piperidine rings is 3. The van der Waals surface area contributed by atoms with Gasteiger partial charge in [0, 0.05) is 35.8 Å². The molecule has 22 heavy (non-hydrogen) atoms. The van der Waals surface area contributed by atoms with E-state index in [1.54, 1.807) is 0 Å². The van der Waals surface area contributed by atoms with Crippen molar-refractivity contribution in [3.63, 3.8) is 0 Å². The summed E-state index contributed by atoms with van der Waals surface area (Å²) in [5.74, 6) is 1.90. The van der Waals surface area contributed by atoms with Gasteiger partial charge in [0.25, 0.3) is 0 Å². The van der Waals surface area contributed by atoms with Gasteiger partial charge in [-0.1, -0.05) is 18.2 Å². The lowest BCUT2D eigenvalue weighted by molar-refractivity contribution is -0.0226. The van der Waals surface area contributed by atoms with Crippen molar-refractivity contribution in [2.75, 3.05) is 13.1 Å². The predicted octanol–water partition coefficient (Wildman–Crippen LogP) is 3.70. The first-order chi connectivity index (χ1) is 10.8.